The summed E-state index contributed by atoms with van der Waals surface area (Å²) in [6.07, 6.45) is 2.36. The van der Waals surface area contributed by atoms with Gasteiger partial charge in [0.15, 0.2) is 0 Å². The molecule has 3 unspecified atom stereocenters. The van der Waals surface area contributed by atoms with Gasteiger partial charge in [-0.1, -0.05) is 12.1 Å². The molecular formula is C14H17ClO2. The summed E-state index contributed by atoms with van der Waals surface area (Å²) in [5.41, 5.74) is 2.50. The average molecular weight is 253 g/mol. The van der Waals surface area contributed by atoms with Gasteiger partial charge in [0.25, 0.3) is 0 Å². The second-order valence-electron chi connectivity index (χ2n) is 5.03. The van der Waals surface area contributed by atoms with Gasteiger partial charge in [-0.05, 0) is 30.5 Å². The summed E-state index contributed by atoms with van der Waals surface area (Å²) in [5, 5.41) is 0.0682. The van der Waals surface area contributed by atoms with E-state index in [0.717, 1.165) is 31.8 Å². The number of alkyl halides is 1. The predicted molar refractivity (Wildman–Crippen MR) is 67.8 cm³/mol. The highest BCUT2D eigenvalue weighted by Gasteiger charge is 2.27. The van der Waals surface area contributed by atoms with E-state index < -0.39 is 0 Å². The Kier molecular flexibility index (Phi) is 3.01. The van der Waals surface area contributed by atoms with Crippen molar-refractivity contribution in [1.82, 2.24) is 0 Å². The molecule has 92 valence electrons. The van der Waals surface area contributed by atoms with Gasteiger partial charge in [0.1, 0.15) is 11.9 Å². The molecule has 0 radical (unpaired) electrons. The predicted octanol–water partition coefficient (Wildman–Crippen LogP) is 3.33. The van der Waals surface area contributed by atoms with Crippen LogP contribution in [0.2, 0.25) is 0 Å². The van der Waals surface area contributed by atoms with Crippen LogP contribution in [-0.2, 0) is 11.2 Å². The zero-order chi connectivity index (χ0) is 11.8. The van der Waals surface area contributed by atoms with Crippen molar-refractivity contribution in [2.45, 2.75) is 31.2 Å². The van der Waals surface area contributed by atoms with Crippen LogP contribution in [0.3, 0.4) is 0 Å². The summed E-state index contributed by atoms with van der Waals surface area (Å²) in [4.78, 5) is 0. The van der Waals surface area contributed by atoms with Crippen LogP contribution in [0.25, 0.3) is 0 Å². The maximum absolute atomic E-state index is 6.53. The molecular weight excluding hydrogens is 236 g/mol. The molecule has 1 fully saturated rings. The smallest absolute Gasteiger partial charge is 0.123 e. The molecule has 0 aliphatic carbocycles. The highest BCUT2D eigenvalue weighted by Crippen LogP contribution is 2.38. The average Bonchev–Trinajstić information content (AvgIpc) is 2.94. The third-order valence-corrected chi connectivity index (χ3v) is 4.23. The summed E-state index contributed by atoms with van der Waals surface area (Å²) in [6, 6.07) is 6.35. The third-order valence-electron chi connectivity index (χ3n) is 3.62. The number of rotatable bonds is 2. The van der Waals surface area contributed by atoms with Gasteiger partial charge in [-0.2, -0.15) is 0 Å². The number of hydrogen-bond acceptors (Lipinski definition) is 2. The van der Waals surface area contributed by atoms with Crippen LogP contribution in [0, 0.1) is 5.92 Å². The van der Waals surface area contributed by atoms with Crippen LogP contribution < -0.4 is 4.74 Å². The van der Waals surface area contributed by atoms with E-state index in [1.165, 1.54) is 11.1 Å². The molecule has 3 heteroatoms. The Bertz CT molecular complexity index is 413. The Morgan fingerprint density at radius 1 is 1.41 bits per heavy atom. The zero-order valence-electron chi connectivity index (χ0n) is 9.99. The monoisotopic (exact) mass is 252 g/mol. The van der Waals surface area contributed by atoms with E-state index >= 15 is 0 Å². The summed E-state index contributed by atoms with van der Waals surface area (Å²) < 4.78 is 11.1. The first-order valence-corrected chi connectivity index (χ1v) is 6.69. The standard InChI is InChI=1S/C14H17ClO2/c1-9-6-12-7-10(2-3-13(12)17-9)14(15)11-4-5-16-8-11/h2-3,7,9,11,14H,4-6,8H2,1H3. The molecule has 2 aliphatic rings. The van der Waals surface area contributed by atoms with E-state index in [-0.39, 0.29) is 5.38 Å². The van der Waals surface area contributed by atoms with Crippen LogP contribution in [0.5, 0.6) is 5.75 Å². The quantitative estimate of drug-likeness (QED) is 0.752. The Balaban J connectivity index is 1.82. The second-order valence-corrected chi connectivity index (χ2v) is 5.50. The van der Waals surface area contributed by atoms with Gasteiger partial charge >= 0.3 is 0 Å². The lowest BCUT2D eigenvalue weighted by Gasteiger charge is -2.16. The molecule has 0 N–H and O–H groups in total. The molecule has 0 amide bonds. The van der Waals surface area contributed by atoms with E-state index in [2.05, 4.69) is 25.1 Å². The van der Waals surface area contributed by atoms with Crippen molar-refractivity contribution in [2.75, 3.05) is 13.2 Å². The minimum Gasteiger partial charge on any atom is -0.490 e. The van der Waals surface area contributed by atoms with Crippen LogP contribution in [0.1, 0.15) is 29.8 Å². The molecule has 0 spiro atoms. The van der Waals surface area contributed by atoms with Crippen molar-refractivity contribution >= 4 is 11.6 Å². The fraction of sp³-hybridized carbons (Fsp3) is 0.571. The topological polar surface area (TPSA) is 18.5 Å². The largest absolute Gasteiger partial charge is 0.490 e. The van der Waals surface area contributed by atoms with Gasteiger partial charge in [-0.3, -0.25) is 0 Å². The van der Waals surface area contributed by atoms with E-state index in [1.54, 1.807) is 0 Å². The zero-order valence-corrected chi connectivity index (χ0v) is 10.7. The first kappa shape index (κ1) is 11.4. The van der Waals surface area contributed by atoms with Crippen LogP contribution in [0.15, 0.2) is 18.2 Å². The molecule has 1 aromatic rings. The van der Waals surface area contributed by atoms with E-state index in [0.29, 0.717) is 12.0 Å². The summed E-state index contributed by atoms with van der Waals surface area (Å²) in [7, 11) is 0. The maximum Gasteiger partial charge on any atom is 0.123 e. The van der Waals surface area contributed by atoms with E-state index in [9.17, 15) is 0 Å². The molecule has 3 atom stereocenters. The molecule has 0 bridgehead atoms. The van der Waals surface area contributed by atoms with E-state index in [1.807, 2.05) is 0 Å². The van der Waals surface area contributed by atoms with Crippen molar-refractivity contribution in [3.05, 3.63) is 29.3 Å². The van der Waals surface area contributed by atoms with Crippen molar-refractivity contribution < 1.29 is 9.47 Å². The highest BCUT2D eigenvalue weighted by molar-refractivity contribution is 6.21. The molecule has 1 saturated heterocycles. The Morgan fingerprint density at radius 3 is 3.06 bits per heavy atom. The number of fused-ring (bicyclic) bond motifs is 1. The number of ether oxygens (including phenoxy) is 2. The van der Waals surface area contributed by atoms with Gasteiger partial charge in [-0.25, -0.2) is 0 Å². The minimum atomic E-state index is 0.0682. The van der Waals surface area contributed by atoms with Crippen molar-refractivity contribution in [2.24, 2.45) is 5.92 Å². The molecule has 3 rings (SSSR count). The molecule has 2 aliphatic heterocycles. The van der Waals surface area contributed by atoms with Crippen molar-refractivity contribution in [3.63, 3.8) is 0 Å². The third kappa shape index (κ3) is 2.16. The second kappa shape index (κ2) is 4.51. The normalized spacial score (nSPS) is 28.8. The Hall–Kier alpha value is -0.730. The summed E-state index contributed by atoms with van der Waals surface area (Å²) >= 11 is 6.53. The Morgan fingerprint density at radius 2 is 2.29 bits per heavy atom. The lowest BCUT2D eigenvalue weighted by Crippen LogP contribution is -2.07. The first-order chi connectivity index (χ1) is 8.24. The first-order valence-electron chi connectivity index (χ1n) is 6.25. The SMILES string of the molecule is CC1Cc2cc(C(Cl)C3CCOC3)ccc2O1. The van der Waals surface area contributed by atoms with E-state index in [4.69, 9.17) is 21.1 Å². The molecule has 0 saturated carbocycles. The van der Waals surface area contributed by atoms with Crippen molar-refractivity contribution in [1.29, 1.82) is 0 Å². The molecule has 17 heavy (non-hydrogen) atoms. The molecule has 2 heterocycles. The number of benzene rings is 1. The lowest BCUT2D eigenvalue weighted by molar-refractivity contribution is 0.185. The molecule has 0 aromatic heterocycles. The summed E-state index contributed by atoms with van der Waals surface area (Å²) in [6.45, 7) is 3.74. The Labute approximate surface area is 107 Å². The van der Waals surface area contributed by atoms with Crippen LogP contribution in [0.4, 0.5) is 0 Å². The minimum absolute atomic E-state index is 0.0682. The van der Waals surface area contributed by atoms with Crippen LogP contribution >= 0.6 is 11.6 Å². The lowest BCUT2D eigenvalue weighted by atomic mass is 9.96. The van der Waals surface area contributed by atoms with Gasteiger partial charge in [0.05, 0.1) is 12.0 Å². The molecule has 2 nitrogen and oxygen atoms in total. The number of hydrogen-bond donors (Lipinski definition) is 0. The fourth-order valence-electron chi connectivity index (χ4n) is 2.67. The summed E-state index contributed by atoms with van der Waals surface area (Å²) in [5.74, 6) is 1.47. The van der Waals surface area contributed by atoms with Gasteiger partial charge in [0.2, 0.25) is 0 Å². The van der Waals surface area contributed by atoms with Gasteiger partial charge in [0, 0.05) is 18.9 Å². The maximum atomic E-state index is 6.53. The van der Waals surface area contributed by atoms with Gasteiger partial charge in [-0.15, -0.1) is 11.6 Å². The molecule has 1 aromatic carbocycles. The highest BCUT2D eigenvalue weighted by atomic mass is 35.5. The fourth-order valence-corrected chi connectivity index (χ4v) is 3.00. The number of halogens is 1. The van der Waals surface area contributed by atoms with Crippen molar-refractivity contribution in [3.8, 4) is 5.75 Å². The van der Waals surface area contributed by atoms with Gasteiger partial charge < -0.3 is 9.47 Å². The van der Waals surface area contributed by atoms with Crippen LogP contribution in [-0.4, -0.2) is 19.3 Å².